The van der Waals surface area contributed by atoms with Gasteiger partial charge in [0.15, 0.2) is 0 Å². The molecule has 2 heteroatoms. The summed E-state index contributed by atoms with van der Waals surface area (Å²) in [4.78, 5) is 0. The molecular weight excluding hydrogens is 114 g/mol. The summed E-state index contributed by atoms with van der Waals surface area (Å²) in [6.07, 6.45) is 2.97. The molecule has 9 heavy (non-hydrogen) atoms. The average molecular weight is 129 g/mol. The van der Waals surface area contributed by atoms with Gasteiger partial charge in [-0.3, -0.25) is 0 Å². The Balaban J connectivity index is 2.01. The summed E-state index contributed by atoms with van der Waals surface area (Å²) in [5.41, 5.74) is 0. The molecule has 0 radical (unpaired) electrons. The first kappa shape index (κ1) is 7.03. The van der Waals surface area contributed by atoms with Gasteiger partial charge in [0.1, 0.15) is 0 Å². The van der Waals surface area contributed by atoms with Crippen LogP contribution in [0.1, 0.15) is 19.8 Å². The quantitative estimate of drug-likeness (QED) is 0.608. The van der Waals surface area contributed by atoms with Crippen LogP contribution in [-0.4, -0.2) is 25.8 Å². The van der Waals surface area contributed by atoms with E-state index in [1.807, 2.05) is 7.05 Å². The molecule has 0 aromatic rings. The van der Waals surface area contributed by atoms with Crippen molar-refractivity contribution in [1.82, 2.24) is 5.32 Å². The predicted octanol–water partition coefficient (Wildman–Crippen LogP) is 0.773. The van der Waals surface area contributed by atoms with E-state index in [0.29, 0.717) is 12.1 Å². The predicted molar refractivity (Wildman–Crippen MR) is 37.5 cm³/mol. The Bertz CT molecular complexity index is 78.2. The van der Waals surface area contributed by atoms with Crippen LogP contribution in [0, 0.1) is 0 Å². The van der Waals surface area contributed by atoms with Gasteiger partial charge in [-0.05, 0) is 26.8 Å². The van der Waals surface area contributed by atoms with Crippen LogP contribution in [0.4, 0.5) is 0 Å². The molecule has 0 aromatic carbocycles. The van der Waals surface area contributed by atoms with Gasteiger partial charge in [-0.1, -0.05) is 0 Å². The Morgan fingerprint density at radius 3 is 2.78 bits per heavy atom. The Hall–Kier alpha value is -0.0800. The lowest BCUT2D eigenvalue weighted by Gasteiger charge is -2.28. The third-order valence-corrected chi connectivity index (χ3v) is 1.90. The minimum Gasteiger partial charge on any atom is -0.378 e. The van der Waals surface area contributed by atoms with Crippen LogP contribution in [-0.2, 0) is 4.74 Å². The van der Waals surface area contributed by atoms with Crippen LogP contribution in [0.2, 0.25) is 0 Å². The van der Waals surface area contributed by atoms with E-state index in [4.69, 9.17) is 4.74 Å². The molecule has 0 aliphatic carbocycles. The first-order valence-corrected chi connectivity index (χ1v) is 3.62. The maximum atomic E-state index is 5.26. The molecule has 1 fully saturated rings. The fourth-order valence-corrected chi connectivity index (χ4v) is 0.983. The van der Waals surface area contributed by atoms with E-state index < -0.39 is 0 Å². The number of hydrogen-bond acceptors (Lipinski definition) is 2. The second kappa shape index (κ2) is 3.18. The van der Waals surface area contributed by atoms with Gasteiger partial charge in [0.25, 0.3) is 0 Å². The highest BCUT2D eigenvalue weighted by atomic mass is 16.5. The Kier molecular flexibility index (Phi) is 2.49. The number of hydrogen-bond donors (Lipinski definition) is 1. The summed E-state index contributed by atoms with van der Waals surface area (Å²) in [7, 11) is 1.99. The van der Waals surface area contributed by atoms with Gasteiger partial charge in [0.2, 0.25) is 0 Å². The summed E-state index contributed by atoms with van der Waals surface area (Å²) in [5, 5.41) is 3.18. The molecule has 1 rings (SSSR count). The fourth-order valence-electron chi connectivity index (χ4n) is 0.983. The van der Waals surface area contributed by atoms with Crippen molar-refractivity contribution in [2.45, 2.75) is 31.9 Å². The molecule has 0 amide bonds. The minimum atomic E-state index is 0.549. The topological polar surface area (TPSA) is 21.3 Å². The van der Waals surface area contributed by atoms with Crippen LogP contribution in [0.15, 0.2) is 0 Å². The highest BCUT2D eigenvalue weighted by Crippen LogP contribution is 2.15. The van der Waals surface area contributed by atoms with Crippen LogP contribution in [0.3, 0.4) is 0 Å². The second-order valence-electron chi connectivity index (χ2n) is 2.71. The van der Waals surface area contributed by atoms with E-state index in [1.165, 1.54) is 6.42 Å². The summed E-state index contributed by atoms with van der Waals surface area (Å²) < 4.78 is 5.26. The summed E-state index contributed by atoms with van der Waals surface area (Å²) in [6.45, 7) is 3.16. The molecule has 1 saturated heterocycles. The zero-order valence-corrected chi connectivity index (χ0v) is 6.18. The van der Waals surface area contributed by atoms with Gasteiger partial charge in [-0.2, -0.15) is 0 Å². The van der Waals surface area contributed by atoms with Crippen molar-refractivity contribution in [3.8, 4) is 0 Å². The third-order valence-electron chi connectivity index (χ3n) is 1.90. The highest BCUT2D eigenvalue weighted by Gasteiger charge is 2.19. The summed E-state index contributed by atoms with van der Waals surface area (Å²) in [5.74, 6) is 0. The lowest BCUT2D eigenvalue weighted by molar-refractivity contribution is -0.0581. The molecule has 0 aromatic heterocycles. The lowest BCUT2D eigenvalue weighted by Crippen LogP contribution is -2.34. The first-order chi connectivity index (χ1) is 4.33. The number of rotatable bonds is 3. The fraction of sp³-hybridized carbons (Fsp3) is 1.00. The van der Waals surface area contributed by atoms with E-state index in [0.717, 1.165) is 13.0 Å². The van der Waals surface area contributed by atoms with Gasteiger partial charge in [0.05, 0.1) is 6.10 Å². The van der Waals surface area contributed by atoms with Crippen molar-refractivity contribution in [3.05, 3.63) is 0 Å². The van der Waals surface area contributed by atoms with Crippen molar-refractivity contribution in [1.29, 1.82) is 0 Å². The maximum Gasteiger partial charge on any atom is 0.0611 e. The summed E-state index contributed by atoms with van der Waals surface area (Å²) >= 11 is 0. The number of ether oxygens (including phenoxy) is 1. The molecule has 0 bridgehead atoms. The summed E-state index contributed by atoms with van der Waals surface area (Å²) in [6, 6.07) is 0.607. The van der Waals surface area contributed by atoms with Crippen LogP contribution in [0.25, 0.3) is 0 Å². The van der Waals surface area contributed by atoms with Crippen molar-refractivity contribution in [2.24, 2.45) is 0 Å². The molecule has 1 heterocycles. The molecule has 1 N–H and O–H groups in total. The lowest BCUT2D eigenvalue weighted by atomic mass is 10.1. The van der Waals surface area contributed by atoms with E-state index in [9.17, 15) is 0 Å². The van der Waals surface area contributed by atoms with Crippen molar-refractivity contribution in [3.63, 3.8) is 0 Å². The van der Waals surface area contributed by atoms with Gasteiger partial charge >= 0.3 is 0 Å². The van der Waals surface area contributed by atoms with Crippen molar-refractivity contribution < 1.29 is 4.74 Å². The molecule has 0 spiro atoms. The molecule has 2 unspecified atom stereocenters. The van der Waals surface area contributed by atoms with Gasteiger partial charge in [0, 0.05) is 12.6 Å². The Labute approximate surface area is 56.6 Å². The maximum absolute atomic E-state index is 5.26. The van der Waals surface area contributed by atoms with Gasteiger partial charge in [-0.15, -0.1) is 0 Å². The molecule has 1 aliphatic heterocycles. The van der Waals surface area contributed by atoms with E-state index in [2.05, 4.69) is 12.2 Å². The number of nitrogens with one attached hydrogen (secondary N) is 1. The average Bonchev–Trinajstić information content (AvgIpc) is 1.78. The molecule has 54 valence electrons. The SMILES string of the molecule is CNC(C)CC1CCO1. The molecule has 1 aliphatic rings. The van der Waals surface area contributed by atoms with E-state index in [-0.39, 0.29) is 0 Å². The Morgan fingerprint density at radius 2 is 2.44 bits per heavy atom. The molecule has 2 nitrogen and oxygen atoms in total. The normalized spacial score (nSPS) is 29.3. The first-order valence-electron chi connectivity index (χ1n) is 3.62. The monoisotopic (exact) mass is 129 g/mol. The third kappa shape index (κ3) is 1.95. The second-order valence-corrected chi connectivity index (χ2v) is 2.71. The molecular formula is C7H15NO. The zero-order chi connectivity index (χ0) is 6.69. The minimum absolute atomic E-state index is 0.549. The Morgan fingerprint density at radius 1 is 1.78 bits per heavy atom. The van der Waals surface area contributed by atoms with E-state index in [1.54, 1.807) is 0 Å². The molecule has 0 saturated carbocycles. The standard InChI is InChI=1S/C7H15NO/c1-6(8-2)5-7-3-4-9-7/h6-8H,3-5H2,1-2H3. The van der Waals surface area contributed by atoms with E-state index >= 15 is 0 Å². The molecule has 2 atom stereocenters. The van der Waals surface area contributed by atoms with Crippen molar-refractivity contribution >= 4 is 0 Å². The van der Waals surface area contributed by atoms with Gasteiger partial charge in [-0.25, -0.2) is 0 Å². The zero-order valence-electron chi connectivity index (χ0n) is 6.18. The van der Waals surface area contributed by atoms with Gasteiger partial charge < -0.3 is 10.1 Å². The van der Waals surface area contributed by atoms with Crippen LogP contribution in [0.5, 0.6) is 0 Å². The van der Waals surface area contributed by atoms with Crippen LogP contribution >= 0.6 is 0 Å². The smallest absolute Gasteiger partial charge is 0.0611 e. The highest BCUT2D eigenvalue weighted by molar-refractivity contribution is 4.71. The van der Waals surface area contributed by atoms with Crippen molar-refractivity contribution in [2.75, 3.05) is 13.7 Å². The largest absolute Gasteiger partial charge is 0.378 e. The van der Waals surface area contributed by atoms with Crippen LogP contribution < -0.4 is 5.32 Å².